The van der Waals surface area contributed by atoms with Crippen molar-refractivity contribution in [3.8, 4) is 0 Å². The fourth-order valence-electron chi connectivity index (χ4n) is 9.27. The summed E-state index contributed by atoms with van der Waals surface area (Å²) in [5.41, 5.74) is 1.57. The fourth-order valence-corrected chi connectivity index (χ4v) is 9.27. The molecule has 0 aromatic rings. The van der Waals surface area contributed by atoms with Gasteiger partial charge in [-0.1, -0.05) is 54.4 Å². The van der Waals surface area contributed by atoms with Gasteiger partial charge in [-0.3, -0.25) is 4.79 Å². The van der Waals surface area contributed by atoms with Crippen molar-refractivity contribution in [2.45, 2.75) is 112 Å². The van der Waals surface area contributed by atoms with Crippen LogP contribution in [0.1, 0.15) is 106 Å². The lowest BCUT2D eigenvalue weighted by molar-refractivity contribution is -0.119. The molecule has 0 aliphatic heterocycles. The van der Waals surface area contributed by atoms with Gasteiger partial charge in [-0.05, 0) is 109 Å². The van der Waals surface area contributed by atoms with E-state index in [1.54, 1.807) is 0 Å². The SMILES string of the molecule is CC[C@H](CC[C@@H](C)[C@H]1CC[C@H]2[C@H]3C[C@@H](O)C4=CC(=O)CC[C@]4(C)[C@H]3CC[C@@]12C)C(C)C. The molecule has 0 unspecified atom stereocenters. The minimum absolute atomic E-state index is 0.0485. The van der Waals surface area contributed by atoms with Gasteiger partial charge in [-0.25, -0.2) is 0 Å². The van der Waals surface area contributed by atoms with Gasteiger partial charge in [0.25, 0.3) is 0 Å². The predicted molar refractivity (Wildman–Crippen MR) is 129 cm³/mol. The smallest absolute Gasteiger partial charge is 0.155 e. The van der Waals surface area contributed by atoms with Crippen molar-refractivity contribution in [1.29, 1.82) is 0 Å². The Labute approximate surface area is 191 Å². The Hall–Kier alpha value is -0.630. The molecule has 0 amide bonds. The Morgan fingerprint density at radius 1 is 1.06 bits per heavy atom. The second-order valence-electron chi connectivity index (χ2n) is 12.8. The Bertz CT molecular complexity index is 708. The van der Waals surface area contributed by atoms with Gasteiger partial charge in [0.05, 0.1) is 6.10 Å². The van der Waals surface area contributed by atoms with Crippen molar-refractivity contribution in [1.82, 2.24) is 0 Å². The van der Waals surface area contributed by atoms with Crippen LogP contribution >= 0.6 is 0 Å². The van der Waals surface area contributed by atoms with E-state index in [2.05, 4.69) is 41.5 Å². The van der Waals surface area contributed by atoms with Crippen LogP contribution in [-0.4, -0.2) is 17.0 Å². The predicted octanol–water partition coefficient (Wildman–Crippen LogP) is 7.20. The summed E-state index contributed by atoms with van der Waals surface area (Å²) in [5.74, 6) is 5.62. The number of fused-ring (bicyclic) bond motifs is 5. The molecular formula is C29H48O2. The summed E-state index contributed by atoms with van der Waals surface area (Å²) >= 11 is 0. The van der Waals surface area contributed by atoms with Crippen molar-refractivity contribution in [3.05, 3.63) is 11.6 Å². The number of hydrogen-bond acceptors (Lipinski definition) is 2. The number of aliphatic hydroxyl groups is 1. The number of rotatable bonds is 6. The van der Waals surface area contributed by atoms with Crippen LogP contribution in [0, 0.1) is 52.3 Å². The van der Waals surface area contributed by atoms with Gasteiger partial charge in [0.2, 0.25) is 0 Å². The Morgan fingerprint density at radius 3 is 2.48 bits per heavy atom. The third-order valence-electron chi connectivity index (χ3n) is 11.2. The molecular weight excluding hydrogens is 380 g/mol. The summed E-state index contributed by atoms with van der Waals surface area (Å²) in [4.78, 5) is 12.1. The standard InChI is InChI=1S/C29H48O2/c1-7-20(18(2)3)9-8-19(4)23-10-11-24-22-17-27(31)26-16-21(30)12-14-29(26,6)25(22)13-15-28(23,24)5/h16,18-20,22-25,27,31H,7-15,17H2,1-6H3/t19-,20-,22-,23-,24+,25+,27-,28+,29-/m1/s1. The maximum Gasteiger partial charge on any atom is 0.155 e. The Morgan fingerprint density at radius 2 is 1.81 bits per heavy atom. The second kappa shape index (κ2) is 8.62. The molecule has 4 rings (SSSR count). The first kappa shape index (κ1) is 23.5. The highest BCUT2D eigenvalue weighted by Crippen LogP contribution is 2.67. The van der Waals surface area contributed by atoms with E-state index in [0.717, 1.165) is 48.0 Å². The van der Waals surface area contributed by atoms with E-state index in [1.165, 1.54) is 44.9 Å². The van der Waals surface area contributed by atoms with Crippen LogP contribution in [-0.2, 0) is 4.79 Å². The monoisotopic (exact) mass is 428 g/mol. The summed E-state index contributed by atoms with van der Waals surface area (Å²) in [6.07, 6.45) is 13.4. The van der Waals surface area contributed by atoms with Crippen molar-refractivity contribution in [2.24, 2.45) is 52.3 Å². The second-order valence-corrected chi connectivity index (χ2v) is 12.8. The Balaban J connectivity index is 1.51. The lowest BCUT2D eigenvalue weighted by Gasteiger charge is -2.59. The molecule has 2 nitrogen and oxygen atoms in total. The van der Waals surface area contributed by atoms with Crippen molar-refractivity contribution in [2.75, 3.05) is 0 Å². The highest BCUT2D eigenvalue weighted by atomic mass is 16.3. The van der Waals surface area contributed by atoms with Crippen molar-refractivity contribution in [3.63, 3.8) is 0 Å². The quantitative estimate of drug-likeness (QED) is 0.485. The molecule has 0 spiro atoms. The summed E-state index contributed by atoms with van der Waals surface area (Å²) in [6.45, 7) is 14.7. The van der Waals surface area contributed by atoms with Gasteiger partial charge in [0, 0.05) is 6.42 Å². The molecule has 4 aliphatic carbocycles. The topological polar surface area (TPSA) is 37.3 Å². The normalized spacial score (nSPS) is 44.3. The van der Waals surface area contributed by atoms with Gasteiger partial charge in [0.15, 0.2) is 5.78 Å². The van der Waals surface area contributed by atoms with E-state index < -0.39 is 6.10 Å². The maximum absolute atomic E-state index is 12.1. The third kappa shape index (κ3) is 3.87. The zero-order valence-corrected chi connectivity index (χ0v) is 21.1. The van der Waals surface area contributed by atoms with Crippen LogP contribution in [0.15, 0.2) is 11.6 Å². The fraction of sp³-hybridized carbons (Fsp3) is 0.897. The van der Waals surface area contributed by atoms with Crippen LogP contribution in [0.3, 0.4) is 0 Å². The van der Waals surface area contributed by atoms with Gasteiger partial charge in [-0.15, -0.1) is 0 Å². The molecule has 3 saturated carbocycles. The number of ketones is 1. The third-order valence-corrected chi connectivity index (χ3v) is 11.2. The molecule has 0 aromatic carbocycles. The molecule has 3 fully saturated rings. The number of hydrogen-bond donors (Lipinski definition) is 1. The van der Waals surface area contributed by atoms with E-state index in [-0.39, 0.29) is 11.2 Å². The zero-order chi connectivity index (χ0) is 22.6. The summed E-state index contributed by atoms with van der Waals surface area (Å²) in [5, 5.41) is 11.1. The number of carbonyl (C=O) groups is 1. The summed E-state index contributed by atoms with van der Waals surface area (Å²) in [6, 6.07) is 0. The minimum atomic E-state index is -0.398. The first-order valence-corrected chi connectivity index (χ1v) is 13.5. The highest BCUT2D eigenvalue weighted by molar-refractivity contribution is 5.91. The molecule has 0 radical (unpaired) electrons. The molecule has 2 heteroatoms. The summed E-state index contributed by atoms with van der Waals surface area (Å²) in [7, 11) is 0. The first-order valence-electron chi connectivity index (χ1n) is 13.5. The molecule has 0 bridgehead atoms. The molecule has 4 aliphatic rings. The van der Waals surface area contributed by atoms with E-state index in [0.29, 0.717) is 23.7 Å². The minimum Gasteiger partial charge on any atom is -0.389 e. The molecule has 0 heterocycles. The lowest BCUT2D eigenvalue weighted by atomic mass is 9.46. The van der Waals surface area contributed by atoms with Crippen molar-refractivity contribution >= 4 is 5.78 Å². The molecule has 176 valence electrons. The molecule has 0 aromatic heterocycles. The van der Waals surface area contributed by atoms with Gasteiger partial charge < -0.3 is 5.11 Å². The molecule has 0 saturated heterocycles. The lowest BCUT2D eigenvalue weighted by Crippen LogP contribution is -2.54. The van der Waals surface area contributed by atoms with E-state index in [1.807, 2.05) is 6.08 Å². The highest BCUT2D eigenvalue weighted by Gasteiger charge is 2.60. The van der Waals surface area contributed by atoms with Crippen LogP contribution in [0.5, 0.6) is 0 Å². The average Bonchev–Trinajstić information content (AvgIpc) is 3.07. The molecule has 9 atom stereocenters. The largest absolute Gasteiger partial charge is 0.389 e. The number of aliphatic hydroxyl groups excluding tert-OH is 1. The Kier molecular flexibility index (Phi) is 6.54. The van der Waals surface area contributed by atoms with E-state index in [4.69, 9.17) is 0 Å². The van der Waals surface area contributed by atoms with Crippen LogP contribution in [0.2, 0.25) is 0 Å². The van der Waals surface area contributed by atoms with Crippen LogP contribution < -0.4 is 0 Å². The van der Waals surface area contributed by atoms with Crippen molar-refractivity contribution < 1.29 is 9.90 Å². The van der Waals surface area contributed by atoms with Gasteiger partial charge >= 0.3 is 0 Å². The van der Waals surface area contributed by atoms with Gasteiger partial charge in [0.1, 0.15) is 0 Å². The van der Waals surface area contributed by atoms with E-state index in [9.17, 15) is 9.90 Å². The molecule has 1 N–H and O–H groups in total. The zero-order valence-electron chi connectivity index (χ0n) is 21.1. The van der Waals surface area contributed by atoms with Crippen LogP contribution in [0.25, 0.3) is 0 Å². The summed E-state index contributed by atoms with van der Waals surface area (Å²) < 4.78 is 0. The maximum atomic E-state index is 12.1. The first-order chi connectivity index (χ1) is 14.6. The average molecular weight is 429 g/mol. The number of carbonyl (C=O) groups excluding carboxylic acids is 1. The van der Waals surface area contributed by atoms with Crippen LogP contribution in [0.4, 0.5) is 0 Å². The molecule has 31 heavy (non-hydrogen) atoms. The van der Waals surface area contributed by atoms with Gasteiger partial charge in [-0.2, -0.15) is 0 Å². The van der Waals surface area contributed by atoms with E-state index >= 15 is 0 Å².